The SMILES string of the molecule is Cc1cc(C)c(CNC(=O)c2nnn3c2c(=O)[nH]c2ccccc23)c(C)c1. The van der Waals surface area contributed by atoms with Crippen LogP contribution in [0, 0.1) is 20.8 Å². The van der Waals surface area contributed by atoms with Crippen molar-refractivity contribution >= 4 is 22.5 Å². The lowest BCUT2D eigenvalue weighted by atomic mass is 10.00. The number of H-pyrrole nitrogens is 1. The molecule has 0 spiro atoms. The lowest BCUT2D eigenvalue weighted by Crippen LogP contribution is -2.26. The maximum atomic E-state index is 12.7. The molecule has 4 rings (SSSR count). The molecule has 0 saturated carbocycles. The van der Waals surface area contributed by atoms with Crippen molar-refractivity contribution in [1.29, 1.82) is 0 Å². The van der Waals surface area contributed by atoms with Crippen LogP contribution in [0.1, 0.15) is 32.7 Å². The third kappa shape index (κ3) is 2.87. The zero-order valence-electron chi connectivity index (χ0n) is 15.3. The van der Waals surface area contributed by atoms with E-state index in [1.54, 1.807) is 6.07 Å². The van der Waals surface area contributed by atoms with Gasteiger partial charge < -0.3 is 10.3 Å². The summed E-state index contributed by atoms with van der Waals surface area (Å²) < 4.78 is 1.41. The van der Waals surface area contributed by atoms with Crippen LogP contribution in [0.4, 0.5) is 0 Å². The number of amides is 1. The van der Waals surface area contributed by atoms with Crippen LogP contribution in [0.3, 0.4) is 0 Å². The van der Waals surface area contributed by atoms with Crippen LogP contribution in [-0.4, -0.2) is 25.7 Å². The molecule has 7 heteroatoms. The normalized spacial score (nSPS) is 11.2. The van der Waals surface area contributed by atoms with Crippen LogP contribution in [0.25, 0.3) is 16.6 Å². The topological polar surface area (TPSA) is 92.2 Å². The van der Waals surface area contributed by atoms with Crippen molar-refractivity contribution in [3.8, 4) is 0 Å². The van der Waals surface area contributed by atoms with Gasteiger partial charge in [0.1, 0.15) is 0 Å². The summed E-state index contributed by atoms with van der Waals surface area (Å²) in [6.45, 7) is 6.45. The summed E-state index contributed by atoms with van der Waals surface area (Å²) in [4.78, 5) is 27.9. The molecule has 0 atom stereocenters. The van der Waals surface area contributed by atoms with Gasteiger partial charge in [0.15, 0.2) is 11.2 Å². The maximum absolute atomic E-state index is 12.7. The summed E-state index contributed by atoms with van der Waals surface area (Å²) in [7, 11) is 0. The molecule has 0 aliphatic carbocycles. The van der Waals surface area contributed by atoms with Gasteiger partial charge >= 0.3 is 0 Å². The monoisotopic (exact) mass is 361 g/mol. The third-order valence-electron chi connectivity index (χ3n) is 4.75. The summed E-state index contributed by atoms with van der Waals surface area (Å²) in [5.41, 5.74) is 5.56. The Morgan fingerprint density at radius 2 is 1.85 bits per heavy atom. The predicted octanol–water partition coefficient (Wildman–Crippen LogP) is 2.43. The molecule has 27 heavy (non-hydrogen) atoms. The van der Waals surface area contributed by atoms with Crippen LogP contribution < -0.4 is 10.9 Å². The minimum atomic E-state index is -0.426. The van der Waals surface area contributed by atoms with Crippen molar-refractivity contribution in [3.63, 3.8) is 0 Å². The number of benzene rings is 2. The molecular formula is C20H19N5O2. The van der Waals surface area contributed by atoms with E-state index < -0.39 is 11.5 Å². The van der Waals surface area contributed by atoms with E-state index >= 15 is 0 Å². The second-order valence-electron chi connectivity index (χ2n) is 6.73. The maximum Gasteiger partial charge on any atom is 0.277 e. The van der Waals surface area contributed by atoms with Gasteiger partial charge in [0, 0.05) is 6.54 Å². The average molecular weight is 361 g/mol. The van der Waals surface area contributed by atoms with Crippen LogP contribution in [0.15, 0.2) is 41.2 Å². The average Bonchev–Trinajstić information content (AvgIpc) is 3.07. The zero-order valence-corrected chi connectivity index (χ0v) is 15.3. The molecule has 0 saturated heterocycles. The van der Waals surface area contributed by atoms with Gasteiger partial charge in [0.2, 0.25) is 0 Å². The van der Waals surface area contributed by atoms with Crippen LogP contribution >= 0.6 is 0 Å². The summed E-state index contributed by atoms with van der Waals surface area (Å²) in [6.07, 6.45) is 0. The van der Waals surface area contributed by atoms with Crippen molar-refractivity contribution in [1.82, 2.24) is 25.1 Å². The number of nitrogens with one attached hydrogen (secondary N) is 2. The Morgan fingerprint density at radius 3 is 2.59 bits per heavy atom. The summed E-state index contributed by atoms with van der Waals surface area (Å²) >= 11 is 0. The van der Waals surface area contributed by atoms with E-state index in [1.807, 2.05) is 39.0 Å². The van der Waals surface area contributed by atoms with Crippen molar-refractivity contribution in [3.05, 3.63) is 74.7 Å². The fourth-order valence-corrected chi connectivity index (χ4v) is 3.49. The van der Waals surface area contributed by atoms with E-state index in [0.29, 0.717) is 17.6 Å². The lowest BCUT2D eigenvalue weighted by Gasteiger charge is -2.12. The highest BCUT2D eigenvalue weighted by molar-refractivity contribution is 5.99. The quantitative estimate of drug-likeness (QED) is 0.586. The standard InChI is InChI=1S/C20H19N5O2/c1-11-8-12(2)14(13(3)9-11)10-21-19(26)17-18-20(27)22-15-6-4-5-7-16(15)25(18)24-23-17/h4-9H,10H2,1-3H3,(H,21,26)(H,22,27). The fraction of sp³-hybridized carbons (Fsp3) is 0.200. The molecule has 2 heterocycles. The fourth-order valence-electron chi connectivity index (χ4n) is 3.49. The van der Waals surface area contributed by atoms with Crippen molar-refractivity contribution < 1.29 is 4.79 Å². The highest BCUT2D eigenvalue weighted by atomic mass is 16.2. The van der Waals surface area contributed by atoms with Gasteiger partial charge in [-0.25, -0.2) is 4.52 Å². The van der Waals surface area contributed by atoms with Gasteiger partial charge in [-0.3, -0.25) is 9.59 Å². The van der Waals surface area contributed by atoms with Crippen molar-refractivity contribution in [2.24, 2.45) is 0 Å². The minimum Gasteiger partial charge on any atom is -0.346 e. The molecule has 2 aromatic carbocycles. The number of aromatic amines is 1. The molecular weight excluding hydrogens is 342 g/mol. The number of aromatic nitrogens is 4. The second kappa shape index (κ2) is 6.35. The van der Waals surface area contributed by atoms with Gasteiger partial charge in [-0.15, -0.1) is 5.10 Å². The molecule has 0 fully saturated rings. The Labute approximate surface area is 155 Å². The highest BCUT2D eigenvalue weighted by Crippen LogP contribution is 2.17. The molecule has 136 valence electrons. The van der Waals surface area contributed by atoms with Crippen LogP contribution in [0.5, 0.6) is 0 Å². The predicted molar refractivity (Wildman–Crippen MR) is 103 cm³/mol. The number of rotatable bonds is 3. The van der Waals surface area contributed by atoms with Gasteiger partial charge in [-0.1, -0.05) is 35.0 Å². The molecule has 7 nitrogen and oxygen atoms in total. The van der Waals surface area contributed by atoms with Gasteiger partial charge in [-0.2, -0.15) is 0 Å². The van der Waals surface area contributed by atoms with E-state index in [1.165, 1.54) is 10.1 Å². The van der Waals surface area contributed by atoms with E-state index in [2.05, 4.69) is 32.7 Å². The Bertz CT molecular complexity index is 1230. The van der Waals surface area contributed by atoms with Crippen LogP contribution in [0.2, 0.25) is 0 Å². The number of para-hydroxylation sites is 2. The molecule has 0 radical (unpaired) electrons. The first-order valence-electron chi connectivity index (χ1n) is 8.67. The van der Waals surface area contributed by atoms with Crippen molar-refractivity contribution in [2.75, 3.05) is 0 Å². The largest absolute Gasteiger partial charge is 0.346 e. The van der Waals surface area contributed by atoms with E-state index in [4.69, 9.17) is 0 Å². The molecule has 0 aliphatic heterocycles. The summed E-state index contributed by atoms with van der Waals surface area (Å²) in [5.74, 6) is -0.426. The molecule has 0 aliphatic rings. The minimum absolute atomic E-state index is 0.0180. The molecule has 2 N–H and O–H groups in total. The smallest absolute Gasteiger partial charge is 0.277 e. The van der Waals surface area contributed by atoms with Gasteiger partial charge in [-0.05, 0) is 49.6 Å². The van der Waals surface area contributed by atoms with Gasteiger partial charge in [0.25, 0.3) is 11.5 Å². The number of hydrogen-bond acceptors (Lipinski definition) is 4. The number of fused-ring (bicyclic) bond motifs is 3. The van der Waals surface area contributed by atoms with E-state index in [9.17, 15) is 9.59 Å². The second-order valence-corrected chi connectivity index (χ2v) is 6.73. The third-order valence-corrected chi connectivity index (χ3v) is 4.75. The van der Waals surface area contributed by atoms with E-state index in [-0.39, 0.29) is 11.2 Å². The lowest BCUT2D eigenvalue weighted by molar-refractivity contribution is 0.0947. The number of nitrogens with zero attached hydrogens (tertiary/aromatic N) is 3. The number of aryl methyl sites for hydroxylation is 3. The molecule has 2 aromatic heterocycles. The number of hydrogen-bond donors (Lipinski definition) is 2. The Hall–Kier alpha value is -3.48. The van der Waals surface area contributed by atoms with Gasteiger partial charge in [0.05, 0.1) is 11.0 Å². The first-order valence-corrected chi connectivity index (χ1v) is 8.67. The molecule has 0 bridgehead atoms. The van der Waals surface area contributed by atoms with Crippen LogP contribution in [-0.2, 0) is 6.54 Å². The summed E-state index contributed by atoms with van der Waals surface area (Å²) in [6, 6.07) is 11.4. The number of carbonyl (C=O) groups is 1. The Balaban J connectivity index is 1.70. The Kier molecular flexibility index (Phi) is 3.99. The number of carbonyl (C=O) groups excluding carboxylic acids is 1. The molecule has 4 aromatic rings. The van der Waals surface area contributed by atoms with E-state index in [0.717, 1.165) is 16.7 Å². The first-order chi connectivity index (χ1) is 13.0. The Morgan fingerprint density at radius 1 is 1.15 bits per heavy atom. The first kappa shape index (κ1) is 17.0. The molecule has 0 unspecified atom stereocenters. The van der Waals surface area contributed by atoms with Crippen molar-refractivity contribution in [2.45, 2.75) is 27.3 Å². The molecule has 1 amide bonds. The zero-order chi connectivity index (χ0) is 19.1. The highest BCUT2D eigenvalue weighted by Gasteiger charge is 2.19. The summed E-state index contributed by atoms with van der Waals surface area (Å²) in [5, 5.41) is 10.8.